The van der Waals surface area contributed by atoms with Gasteiger partial charge in [-0.2, -0.15) is 17.0 Å². The van der Waals surface area contributed by atoms with E-state index in [9.17, 15) is 13.2 Å². The molecule has 31 heavy (non-hydrogen) atoms. The van der Waals surface area contributed by atoms with Crippen molar-refractivity contribution >= 4 is 16.1 Å². The Morgan fingerprint density at radius 1 is 1.03 bits per heavy atom. The first-order chi connectivity index (χ1) is 14.8. The number of piperazine rings is 1. The van der Waals surface area contributed by atoms with Gasteiger partial charge in [0.2, 0.25) is 0 Å². The van der Waals surface area contributed by atoms with Gasteiger partial charge in [0.05, 0.1) is 0 Å². The molecule has 9 nitrogen and oxygen atoms in total. The van der Waals surface area contributed by atoms with Crippen LogP contribution >= 0.6 is 0 Å². The topological polar surface area (TPSA) is 85.4 Å². The van der Waals surface area contributed by atoms with Crippen LogP contribution in [-0.4, -0.2) is 97.7 Å². The van der Waals surface area contributed by atoms with Crippen LogP contribution in [0.1, 0.15) is 51.4 Å². The Morgan fingerprint density at radius 3 is 2.23 bits per heavy atom. The summed E-state index contributed by atoms with van der Waals surface area (Å²) in [6, 6.07) is 0.679. The molecular weight excluding hydrogens is 418 g/mol. The molecule has 4 aliphatic rings. The second-order valence-corrected chi connectivity index (χ2v) is 11.6. The minimum Gasteiger partial charge on any atom is -0.335 e. The van der Waals surface area contributed by atoms with Gasteiger partial charge in [-0.15, -0.1) is 0 Å². The fourth-order valence-electron chi connectivity index (χ4n) is 5.24. The number of carbonyl (C=O) groups is 1. The van der Waals surface area contributed by atoms with E-state index < -0.39 is 15.8 Å². The molecule has 3 heterocycles. The van der Waals surface area contributed by atoms with Crippen LogP contribution in [0.4, 0.5) is 0 Å². The summed E-state index contributed by atoms with van der Waals surface area (Å²) in [7, 11) is -0.337. The largest absolute Gasteiger partial charge is 0.335 e. The molecule has 0 atom stereocenters. The van der Waals surface area contributed by atoms with Crippen molar-refractivity contribution in [2.45, 2.75) is 63.0 Å². The van der Waals surface area contributed by atoms with E-state index in [0.29, 0.717) is 37.7 Å². The lowest BCUT2D eigenvalue weighted by Crippen LogP contribution is -2.52. The summed E-state index contributed by atoms with van der Waals surface area (Å²) >= 11 is 0. The number of carbonyl (C=O) groups excluding carboxylic acids is 1. The van der Waals surface area contributed by atoms with Crippen LogP contribution in [0.3, 0.4) is 0 Å². The van der Waals surface area contributed by atoms with Crippen molar-refractivity contribution in [3.05, 3.63) is 11.8 Å². The van der Waals surface area contributed by atoms with Crippen molar-refractivity contribution in [2.75, 3.05) is 53.4 Å². The average molecular weight is 456 g/mol. The van der Waals surface area contributed by atoms with Crippen molar-refractivity contribution in [2.24, 2.45) is 0 Å². The van der Waals surface area contributed by atoms with Gasteiger partial charge in [-0.3, -0.25) is 20.0 Å². The van der Waals surface area contributed by atoms with Gasteiger partial charge >= 0.3 is 0 Å². The maximum Gasteiger partial charge on any atom is 0.281 e. The lowest BCUT2D eigenvalue weighted by molar-refractivity contribution is -0.131. The lowest BCUT2D eigenvalue weighted by Gasteiger charge is -2.39. The minimum absolute atomic E-state index is 0.0132. The van der Waals surface area contributed by atoms with Gasteiger partial charge in [0.15, 0.2) is 0 Å². The molecule has 4 rings (SSSR count). The second-order valence-electron chi connectivity index (χ2n) is 9.49. The lowest BCUT2D eigenvalue weighted by atomic mass is 9.92. The monoisotopic (exact) mass is 455 g/mol. The predicted molar refractivity (Wildman–Crippen MR) is 118 cm³/mol. The fourth-order valence-corrected chi connectivity index (χ4v) is 6.35. The molecule has 3 fully saturated rings. The number of hydrogen-bond donors (Lipinski definition) is 1. The van der Waals surface area contributed by atoms with E-state index in [-0.39, 0.29) is 5.91 Å². The molecule has 10 heteroatoms. The zero-order chi connectivity index (χ0) is 22.1. The molecule has 0 aromatic rings. The molecule has 1 N–H and O–H groups in total. The third kappa shape index (κ3) is 4.93. The van der Waals surface area contributed by atoms with Gasteiger partial charge in [-0.05, 0) is 31.8 Å². The van der Waals surface area contributed by atoms with Gasteiger partial charge in [0.25, 0.3) is 16.1 Å². The van der Waals surface area contributed by atoms with E-state index in [2.05, 4.69) is 10.4 Å². The summed E-state index contributed by atoms with van der Waals surface area (Å²) in [5, 5.41) is 0. The van der Waals surface area contributed by atoms with Crippen LogP contribution in [0, 0.1) is 0 Å². The molecule has 3 aliphatic heterocycles. The molecule has 2 saturated heterocycles. The molecule has 0 unspecified atom stereocenters. The summed E-state index contributed by atoms with van der Waals surface area (Å²) in [5.41, 5.74) is 2.74. The smallest absolute Gasteiger partial charge is 0.281 e. The van der Waals surface area contributed by atoms with Crippen molar-refractivity contribution in [1.82, 2.24) is 23.9 Å². The van der Waals surface area contributed by atoms with Crippen LogP contribution in [0.2, 0.25) is 0 Å². The molecule has 1 aliphatic carbocycles. The van der Waals surface area contributed by atoms with Gasteiger partial charge < -0.3 is 4.90 Å². The third-order valence-corrected chi connectivity index (χ3v) is 9.24. The predicted octanol–water partition coefficient (Wildman–Crippen LogP) is 0.913. The van der Waals surface area contributed by atoms with Crippen LogP contribution in [-0.2, 0) is 19.8 Å². The van der Waals surface area contributed by atoms with E-state index in [0.717, 1.165) is 26.2 Å². The van der Waals surface area contributed by atoms with Crippen molar-refractivity contribution < 1.29 is 18.0 Å². The zero-order valence-corrected chi connectivity index (χ0v) is 19.7. The Kier molecular flexibility index (Phi) is 6.93. The van der Waals surface area contributed by atoms with Crippen LogP contribution < -0.4 is 5.48 Å². The fraction of sp³-hybridized carbons (Fsp3) is 0.857. The minimum atomic E-state index is -3.42. The molecule has 1 spiro atoms. The highest BCUT2D eigenvalue weighted by Crippen LogP contribution is 2.33. The Balaban J connectivity index is 1.31. The number of nitrogens with one attached hydrogen (secondary N) is 1. The summed E-state index contributed by atoms with van der Waals surface area (Å²) in [6.45, 7) is 4.12. The SMILES string of the molecule is CN(C)S(=O)(=O)N1CCC2(C=C(C(=O)N3CCN(C4CCCCCC4)CC3)NO2)CC1. The molecule has 1 amide bonds. The number of nitrogens with zero attached hydrogens (tertiary/aromatic N) is 4. The molecule has 0 radical (unpaired) electrons. The van der Waals surface area contributed by atoms with Crippen LogP contribution in [0.25, 0.3) is 0 Å². The highest BCUT2D eigenvalue weighted by molar-refractivity contribution is 7.86. The first kappa shape index (κ1) is 23.0. The Labute approximate surface area is 186 Å². The van der Waals surface area contributed by atoms with Crippen molar-refractivity contribution in [3.8, 4) is 0 Å². The summed E-state index contributed by atoms with van der Waals surface area (Å²) in [5.74, 6) is -0.0132. The maximum absolute atomic E-state index is 13.1. The summed E-state index contributed by atoms with van der Waals surface area (Å²) in [4.78, 5) is 23.4. The van der Waals surface area contributed by atoms with Crippen molar-refractivity contribution in [1.29, 1.82) is 0 Å². The highest BCUT2D eigenvalue weighted by Gasteiger charge is 2.43. The van der Waals surface area contributed by atoms with Crippen LogP contribution in [0.15, 0.2) is 11.8 Å². The maximum atomic E-state index is 13.1. The van der Waals surface area contributed by atoms with Crippen molar-refractivity contribution in [3.63, 3.8) is 0 Å². The Morgan fingerprint density at radius 2 is 1.65 bits per heavy atom. The van der Waals surface area contributed by atoms with Gasteiger partial charge in [0.1, 0.15) is 11.3 Å². The number of piperidine rings is 1. The third-order valence-electron chi connectivity index (χ3n) is 7.30. The second kappa shape index (κ2) is 9.35. The molecule has 0 aromatic carbocycles. The van der Waals surface area contributed by atoms with Crippen LogP contribution in [0.5, 0.6) is 0 Å². The number of rotatable bonds is 4. The summed E-state index contributed by atoms with van der Waals surface area (Å²) in [6.07, 6.45) is 10.9. The standard InChI is InChI=1S/C21H37N5O4S/c1-23(2)31(28,29)26-11-9-21(10-12-26)17-19(22-30-21)20(27)25-15-13-24(14-16-25)18-7-5-3-4-6-8-18/h17-18,22H,3-16H2,1-2H3. The normalized spacial score (nSPS) is 26.7. The van der Waals surface area contributed by atoms with E-state index >= 15 is 0 Å². The molecule has 1 saturated carbocycles. The molecule has 176 valence electrons. The average Bonchev–Trinajstić information content (AvgIpc) is 2.99. The first-order valence-electron chi connectivity index (χ1n) is 11.7. The van der Waals surface area contributed by atoms with E-state index in [4.69, 9.17) is 4.84 Å². The molecular formula is C21H37N5O4S. The molecule has 0 bridgehead atoms. The quantitative estimate of drug-likeness (QED) is 0.635. The highest BCUT2D eigenvalue weighted by atomic mass is 32.2. The molecule has 0 aromatic heterocycles. The zero-order valence-electron chi connectivity index (χ0n) is 18.9. The number of hydroxylamine groups is 1. The van der Waals surface area contributed by atoms with Gasteiger partial charge in [0, 0.05) is 59.4 Å². The summed E-state index contributed by atoms with van der Waals surface area (Å²) < 4.78 is 27.4. The number of amides is 1. The number of hydrogen-bond acceptors (Lipinski definition) is 6. The van der Waals surface area contributed by atoms with E-state index in [1.807, 2.05) is 11.0 Å². The Bertz CT molecular complexity index is 776. The van der Waals surface area contributed by atoms with E-state index in [1.54, 1.807) is 14.1 Å². The van der Waals surface area contributed by atoms with Gasteiger partial charge in [-0.1, -0.05) is 25.7 Å². The van der Waals surface area contributed by atoms with E-state index in [1.165, 1.54) is 47.1 Å². The first-order valence-corrected chi connectivity index (χ1v) is 13.1. The Hall–Kier alpha value is -1.20. The van der Waals surface area contributed by atoms with Gasteiger partial charge in [-0.25, -0.2) is 0 Å².